The van der Waals surface area contributed by atoms with E-state index in [0.717, 1.165) is 55.4 Å². The van der Waals surface area contributed by atoms with Crippen molar-refractivity contribution in [3.05, 3.63) is 48.0 Å². The third-order valence-corrected chi connectivity index (χ3v) is 5.86. The number of hydrogen-bond donors (Lipinski definition) is 1. The monoisotopic (exact) mass is 435 g/mol. The maximum absolute atomic E-state index is 6.03. The molecule has 1 heterocycles. The molecule has 0 amide bonds. The number of rotatable bonds is 8. The van der Waals surface area contributed by atoms with Crippen LogP contribution in [0.4, 0.5) is 5.69 Å². The van der Waals surface area contributed by atoms with Crippen LogP contribution in [0.15, 0.2) is 42.5 Å². The molecule has 166 valence electrons. The fourth-order valence-electron chi connectivity index (χ4n) is 4.42. The highest BCUT2D eigenvalue weighted by molar-refractivity contribution is 5.85. The van der Waals surface area contributed by atoms with Crippen LogP contribution in [0.3, 0.4) is 0 Å². The van der Waals surface area contributed by atoms with E-state index < -0.39 is 0 Å². The van der Waals surface area contributed by atoms with E-state index in [2.05, 4.69) is 43.4 Å². The minimum absolute atomic E-state index is 0. The molecular formula is C24H34ClNO4. The summed E-state index contributed by atoms with van der Waals surface area (Å²) in [7, 11) is 5.01. The zero-order chi connectivity index (χ0) is 20.9. The van der Waals surface area contributed by atoms with E-state index in [-0.39, 0.29) is 23.4 Å². The number of benzene rings is 2. The third kappa shape index (κ3) is 5.52. The normalized spacial score (nSPS) is 20.0. The first-order chi connectivity index (χ1) is 13.9. The van der Waals surface area contributed by atoms with Crippen molar-refractivity contribution in [1.29, 1.82) is 0 Å². The molecular weight excluding hydrogens is 402 g/mol. The summed E-state index contributed by atoms with van der Waals surface area (Å²) < 4.78 is 22.1. The van der Waals surface area contributed by atoms with Gasteiger partial charge in [-0.15, -0.1) is 12.4 Å². The van der Waals surface area contributed by atoms with Crippen LogP contribution in [0.5, 0.6) is 17.2 Å². The molecule has 3 rings (SSSR count). The molecule has 1 saturated heterocycles. The number of ether oxygens (including phenoxy) is 4. The van der Waals surface area contributed by atoms with E-state index in [1.54, 1.807) is 21.3 Å². The molecule has 1 atom stereocenters. The molecule has 2 aromatic rings. The number of anilines is 1. The molecule has 1 fully saturated rings. The average molecular weight is 436 g/mol. The lowest BCUT2D eigenvalue weighted by molar-refractivity contribution is -0.0835. The first-order valence-corrected chi connectivity index (χ1v) is 10.2. The minimum Gasteiger partial charge on any atom is -0.497 e. The molecule has 1 aliphatic heterocycles. The molecule has 1 aliphatic rings. The topological polar surface area (TPSA) is 49.0 Å². The molecule has 2 aromatic carbocycles. The number of halogens is 1. The lowest BCUT2D eigenvalue weighted by atomic mass is 9.67. The van der Waals surface area contributed by atoms with E-state index in [0.29, 0.717) is 0 Å². The average Bonchev–Trinajstić information content (AvgIpc) is 2.73. The summed E-state index contributed by atoms with van der Waals surface area (Å²) in [5.74, 6) is 2.35. The first kappa shape index (κ1) is 24.2. The minimum atomic E-state index is -0.137. The smallest absolute Gasteiger partial charge is 0.162 e. The third-order valence-electron chi connectivity index (χ3n) is 5.86. The summed E-state index contributed by atoms with van der Waals surface area (Å²) >= 11 is 0. The standard InChI is InChI=1S/C24H33NO4.ClH/c1-23(2)17-24(13-15-29-23,18-6-9-20(26-3)10-7-18)12-14-25-19-8-11-21(27-4)22(16-19)28-5;/h6-11,16,25H,12-15,17H2,1-5H3;1H. The van der Waals surface area contributed by atoms with Gasteiger partial charge in [-0.25, -0.2) is 0 Å². The molecule has 5 nitrogen and oxygen atoms in total. The van der Waals surface area contributed by atoms with Crippen LogP contribution in [-0.4, -0.2) is 40.1 Å². The second kappa shape index (κ2) is 10.3. The SMILES string of the molecule is COc1ccc(C2(CCNc3ccc(OC)c(OC)c3)CCOC(C)(C)C2)cc1.Cl. The van der Waals surface area contributed by atoms with Crippen LogP contribution in [-0.2, 0) is 10.2 Å². The van der Waals surface area contributed by atoms with Crippen molar-refractivity contribution in [3.8, 4) is 17.2 Å². The Balaban J connectivity index is 0.00000320. The van der Waals surface area contributed by atoms with Gasteiger partial charge in [0.15, 0.2) is 11.5 Å². The molecule has 0 aliphatic carbocycles. The van der Waals surface area contributed by atoms with Crippen molar-refractivity contribution in [2.24, 2.45) is 0 Å². The van der Waals surface area contributed by atoms with Crippen molar-refractivity contribution >= 4 is 18.1 Å². The fourth-order valence-corrected chi connectivity index (χ4v) is 4.42. The van der Waals surface area contributed by atoms with Gasteiger partial charge in [-0.05, 0) is 62.9 Å². The Morgan fingerprint density at radius 3 is 2.23 bits per heavy atom. The second-order valence-electron chi connectivity index (χ2n) is 8.29. The van der Waals surface area contributed by atoms with E-state index in [1.807, 2.05) is 18.2 Å². The highest BCUT2D eigenvalue weighted by atomic mass is 35.5. The maximum atomic E-state index is 6.03. The fraction of sp³-hybridized carbons (Fsp3) is 0.500. The van der Waals surface area contributed by atoms with Gasteiger partial charge >= 0.3 is 0 Å². The van der Waals surface area contributed by atoms with Gasteiger partial charge in [0.2, 0.25) is 0 Å². The summed E-state index contributed by atoms with van der Waals surface area (Å²) in [6, 6.07) is 14.5. The Morgan fingerprint density at radius 2 is 1.63 bits per heavy atom. The van der Waals surface area contributed by atoms with E-state index in [4.69, 9.17) is 18.9 Å². The molecule has 1 N–H and O–H groups in total. The van der Waals surface area contributed by atoms with Crippen LogP contribution in [0, 0.1) is 0 Å². The van der Waals surface area contributed by atoms with Crippen molar-refractivity contribution in [2.45, 2.75) is 44.1 Å². The van der Waals surface area contributed by atoms with Crippen LogP contribution in [0.25, 0.3) is 0 Å². The largest absolute Gasteiger partial charge is 0.497 e. The van der Waals surface area contributed by atoms with Gasteiger partial charge in [0.25, 0.3) is 0 Å². The maximum Gasteiger partial charge on any atom is 0.162 e. The van der Waals surface area contributed by atoms with Gasteiger partial charge < -0.3 is 24.3 Å². The van der Waals surface area contributed by atoms with Crippen LogP contribution in [0.2, 0.25) is 0 Å². The number of methoxy groups -OCH3 is 3. The summed E-state index contributed by atoms with van der Waals surface area (Å²) in [6.45, 7) is 6.01. The zero-order valence-corrected chi connectivity index (χ0v) is 19.4. The highest BCUT2D eigenvalue weighted by Gasteiger charge is 2.41. The Morgan fingerprint density at radius 1 is 0.933 bits per heavy atom. The van der Waals surface area contributed by atoms with Gasteiger partial charge in [0.1, 0.15) is 5.75 Å². The molecule has 0 aromatic heterocycles. The Bertz CT molecular complexity index is 809. The first-order valence-electron chi connectivity index (χ1n) is 10.2. The highest BCUT2D eigenvalue weighted by Crippen LogP contribution is 2.44. The Hall–Kier alpha value is -2.11. The van der Waals surface area contributed by atoms with Gasteiger partial charge in [-0.1, -0.05) is 12.1 Å². The molecule has 0 spiro atoms. The molecule has 0 radical (unpaired) electrons. The summed E-state index contributed by atoms with van der Waals surface area (Å²) in [5.41, 5.74) is 2.31. The van der Waals surface area contributed by atoms with Crippen molar-refractivity contribution in [1.82, 2.24) is 0 Å². The summed E-state index contributed by atoms with van der Waals surface area (Å²) in [6.07, 6.45) is 3.01. The van der Waals surface area contributed by atoms with Gasteiger partial charge in [-0.2, -0.15) is 0 Å². The predicted octanol–water partition coefficient (Wildman–Crippen LogP) is 5.46. The van der Waals surface area contributed by atoms with Crippen LogP contribution in [0.1, 0.15) is 38.7 Å². The van der Waals surface area contributed by atoms with Gasteiger partial charge in [0.05, 0.1) is 26.9 Å². The summed E-state index contributed by atoms with van der Waals surface area (Å²) in [4.78, 5) is 0. The Kier molecular flexibility index (Phi) is 8.27. The predicted molar refractivity (Wildman–Crippen MR) is 124 cm³/mol. The quantitative estimate of drug-likeness (QED) is 0.596. The van der Waals surface area contributed by atoms with Crippen molar-refractivity contribution in [3.63, 3.8) is 0 Å². The van der Waals surface area contributed by atoms with E-state index in [1.165, 1.54) is 5.56 Å². The van der Waals surface area contributed by atoms with Crippen molar-refractivity contribution in [2.75, 3.05) is 39.8 Å². The lowest BCUT2D eigenvalue weighted by Crippen LogP contribution is -2.44. The van der Waals surface area contributed by atoms with Crippen LogP contribution < -0.4 is 19.5 Å². The van der Waals surface area contributed by atoms with Gasteiger partial charge in [-0.3, -0.25) is 0 Å². The summed E-state index contributed by atoms with van der Waals surface area (Å²) in [5, 5.41) is 3.56. The number of hydrogen-bond acceptors (Lipinski definition) is 5. The lowest BCUT2D eigenvalue weighted by Gasteiger charge is -2.45. The number of nitrogens with one attached hydrogen (secondary N) is 1. The molecule has 1 unspecified atom stereocenters. The van der Waals surface area contributed by atoms with E-state index >= 15 is 0 Å². The Labute approximate surface area is 186 Å². The molecule has 0 bridgehead atoms. The molecule has 30 heavy (non-hydrogen) atoms. The second-order valence-corrected chi connectivity index (χ2v) is 8.29. The zero-order valence-electron chi connectivity index (χ0n) is 18.6. The molecule has 6 heteroatoms. The van der Waals surface area contributed by atoms with Crippen LogP contribution >= 0.6 is 12.4 Å². The van der Waals surface area contributed by atoms with Gasteiger partial charge in [0, 0.05) is 30.3 Å². The van der Waals surface area contributed by atoms with Crippen molar-refractivity contribution < 1.29 is 18.9 Å². The van der Waals surface area contributed by atoms with E-state index in [9.17, 15) is 0 Å². The molecule has 0 saturated carbocycles.